The highest BCUT2D eigenvalue weighted by Gasteiger charge is 2.09. The lowest BCUT2D eigenvalue weighted by Crippen LogP contribution is -2.07. The minimum Gasteiger partial charge on any atom is -0.508 e. The van der Waals surface area contributed by atoms with Crippen molar-refractivity contribution in [2.45, 2.75) is 6.92 Å². The first kappa shape index (κ1) is 11.1. The SMILES string of the molecule is Cc1ccc(N(N=O)c2cccc(O)c2)cc1. The Morgan fingerprint density at radius 2 is 1.76 bits per heavy atom. The van der Waals surface area contributed by atoms with Crippen LogP contribution < -0.4 is 5.01 Å². The summed E-state index contributed by atoms with van der Waals surface area (Å²) in [6.45, 7) is 1.97. The second-order valence-corrected chi connectivity index (χ2v) is 3.75. The van der Waals surface area contributed by atoms with Gasteiger partial charge in [-0.05, 0) is 31.2 Å². The molecule has 0 bridgehead atoms. The Hall–Kier alpha value is -2.36. The Balaban J connectivity index is 2.40. The van der Waals surface area contributed by atoms with Crippen LogP contribution in [0, 0.1) is 11.8 Å². The number of aromatic hydroxyl groups is 1. The molecule has 0 unspecified atom stereocenters. The second kappa shape index (κ2) is 4.65. The first-order valence-electron chi connectivity index (χ1n) is 5.20. The van der Waals surface area contributed by atoms with E-state index in [-0.39, 0.29) is 5.75 Å². The molecule has 86 valence electrons. The molecule has 17 heavy (non-hydrogen) atoms. The summed E-state index contributed by atoms with van der Waals surface area (Å²) < 4.78 is 0. The van der Waals surface area contributed by atoms with E-state index in [4.69, 9.17) is 0 Å². The van der Waals surface area contributed by atoms with Crippen molar-refractivity contribution in [3.63, 3.8) is 0 Å². The van der Waals surface area contributed by atoms with E-state index in [1.807, 2.05) is 19.1 Å². The van der Waals surface area contributed by atoms with E-state index in [1.54, 1.807) is 30.3 Å². The van der Waals surface area contributed by atoms with E-state index in [0.29, 0.717) is 11.4 Å². The molecule has 0 heterocycles. The van der Waals surface area contributed by atoms with Crippen molar-refractivity contribution in [1.82, 2.24) is 0 Å². The third-order valence-electron chi connectivity index (χ3n) is 2.43. The van der Waals surface area contributed by atoms with Crippen LogP contribution in [-0.4, -0.2) is 5.11 Å². The minimum absolute atomic E-state index is 0.100. The number of aryl methyl sites for hydroxylation is 1. The summed E-state index contributed by atoms with van der Waals surface area (Å²) in [5.41, 5.74) is 2.30. The second-order valence-electron chi connectivity index (χ2n) is 3.75. The molecule has 4 heteroatoms. The van der Waals surface area contributed by atoms with E-state index in [1.165, 1.54) is 11.1 Å². The molecule has 0 aliphatic carbocycles. The van der Waals surface area contributed by atoms with Gasteiger partial charge in [-0.25, -0.2) is 0 Å². The molecule has 0 spiro atoms. The molecule has 0 amide bonds. The molecule has 0 aliphatic rings. The summed E-state index contributed by atoms with van der Waals surface area (Å²) >= 11 is 0. The highest BCUT2D eigenvalue weighted by atomic mass is 16.3. The molecule has 2 aromatic carbocycles. The van der Waals surface area contributed by atoms with Crippen molar-refractivity contribution < 1.29 is 5.11 Å². The summed E-state index contributed by atoms with van der Waals surface area (Å²) in [5, 5.41) is 13.6. The maximum Gasteiger partial charge on any atom is 0.117 e. The first-order chi connectivity index (χ1) is 8.20. The predicted octanol–water partition coefficient (Wildman–Crippen LogP) is 3.52. The number of anilines is 2. The van der Waals surface area contributed by atoms with Gasteiger partial charge in [-0.1, -0.05) is 23.8 Å². The summed E-state index contributed by atoms with van der Waals surface area (Å²) in [7, 11) is 0. The molecule has 4 nitrogen and oxygen atoms in total. The van der Waals surface area contributed by atoms with E-state index in [9.17, 15) is 10.0 Å². The van der Waals surface area contributed by atoms with Crippen LogP contribution in [0.4, 0.5) is 11.4 Å². The van der Waals surface area contributed by atoms with Crippen LogP contribution in [-0.2, 0) is 0 Å². The van der Waals surface area contributed by atoms with Crippen LogP contribution in [0.2, 0.25) is 0 Å². The topological polar surface area (TPSA) is 52.9 Å². The zero-order chi connectivity index (χ0) is 12.3. The number of rotatable bonds is 3. The quantitative estimate of drug-likeness (QED) is 0.646. The van der Waals surface area contributed by atoms with Gasteiger partial charge in [0, 0.05) is 6.07 Å². The summed E-state index contributed by atoms with van der Waals surface area (Å²) in [5.74, 6) is 0.100. The van der Waals surface area contributed by atoms with Gasteiger partial charge in [0.1, 0.15) is 5.75 Å². The van der Waals surface area contributed by atoms with Crippen molar-refractivity contribution >= 4 is 11.4 Å². The van der Waals surface area contributed by atoms with Crippen molar-refractivity contribution in [3.8, 4) is 5.75 Å². The van der Waals surface area contributed by atoms with Gasteiger partial charge >= 0.3 is 0 Å². The third kappa shape index (κ3) is 2.42. The van der Waals surface area contributed by atoms with E-state index in [2.05, 4.69) is 5.29 Å². The van der Waals surface area contributed by atoms with Crippen molar-refractivity contribution in [2.75, 3.05) is 5.01 Å². The van der Waals surface area contributed by atoms with Crippen LogP contribution in [0.3, 0.4) is 0 Å². The summed E-state index contributed by atoms with van der Waals surface area (Å²) in [6.07, 6.45) is 0. The van der Waals surface area contributed by atoms with Crippen molar-refractivity contribution in [3.05, 3.63) is 59.0 Å². The molecule has 0 atom stereocenters. The third-order valence-corrected chi connectivity index (χ3v) is 2.43. The summed E-state index contributed by atoms with van der Waals surface area (Å²) in [6, 6.07) is 13.8. The van der Waals surface area contributed by atoms with Crippen LogP contribution in [0.15, 0.2) is 53.8 Å². The summed E-state index contributed by atoms with van der Waals surface area (Å²) in [4.78, 5) is 10.9. The van der Waals surface area contributed by atoms with Gasteiger partial charge in [-0.15, -0.1) is 4.91 Å². The van der Waals surface area contributed by atoms with Crippen LogP contribution in [0.1, 0.15) is 5.56 Å². The number of nitrogens with zero attached hydrogens (tertiary/aromatic N) is 2. The molecule has 0 aromatic heterocycles. The average Bonchev–Trinajstić information content (AvgIpc) is 2.33. The van der Waals surface area contributed by atoms with Gasteiger partial charge in [0.25, 0.3) is 0 Å². The highest BCUT2D eigenvalue weighted by Crippen LogP contribution is 2.28. The molecule has 1 N–H and O–H groups in total. The molecule has 0 radical (unpaired) electrons. The average molecular weight is 228 g/mol. The van der Waals surface area contributed by atoms with Gasteiger partial charge in [0.05, 0.1) is 16.7 Å². The fraction of sp³-hybridized carbons (Fsp3) is 0.0769. The number of hydrogen-bond acceptors (Lipinski definition) is 3. The standard InChI is InChI=1S/C13H12N2O2/c1-10-5-7-11(8-6-10)15(14-17)12-3-2-4-13(16)9-12/h2-9,16H,1H3. The first-order valence-corrected chi connectivity index (χ1v) is 5.20. The number of hydrogen-bond donors (Lipinski definition) is 1. The van der Waals surface area contributed by atoms with Crippen molar-refractivity contribution in [2.24, 2.45) is 5.29 Å². The minimum atomic E-state index is 0.100. The molecular formula is C13H12N2O2. The van der Waals surface area contributed by atoms with Gasteiger partial charge in [-0.3, -0.25) is 0 Å². The lowest BCUT2D eigenvalue weighted by molar-refractivity contribution is 0.475. The van der Waals surface area contributed by atoms with Gasteiger partial charge in [-0.2, -0.15) is 5.01 Å². The highest BCUT2D eigenvalue weighted by molar-refractivity contribution is 5.63. The Morgan fingerprint density at radius 3 is 2.35 bits per heavy atom. The number of nitroso groups, excluding NO2 is 1. The van der Waals surface area contributed by atoms with Crippen LogP contribution in [0.5, 0.6) is 5.75 Å². The lowest BCUT2D eigenvalue weighted by Gasteiger charge is -2.15. The monoisotopic (exact) mass is 228 g/mol. The Morgan fingerprint density at radius 1 is 1.06 bits per heavy atom. The lowest BCUT2D eigenvalue weighted by atomic mass is 10.2. The molecular weight excluding hydrogens is 216 g/mol. The van der Waals surface area contributed by atoms with E-state index < -0.39 is 0 Å². The zero-order valence-corrected chi connectivity index (χ0v) is 9.37. The fourth-order valence-electron chi connectivity index (χ4n) is 1.55. The Bertz CT molecular complexity index is 523. The van der Waals surface area contributed by atoms with E-state index >= 15 is 0 Å². The number of phenols is 1. The molecule has 2 rings (SSSR count). The van der Waals surface area contributed by atoms with Crippen molar-refractivity contribution in [1.29, 1.82) is 0 Å². The largest absolute Gasteiger partial charge is 0.508 e. The predicted molar refractivity (Wildman–Crippen MR) is 67.2 cm³/mol. The van der Waals surface area contributed by atoms with E-state index in [0.717, 1.165) is 5.56 Å². The Labute approximate surface area is 99.1 Å². The molecule has 0 saturated carbocycles. The Kier molecular flexibility index (Phi) is 3.05. The van der Waals surface area contributed by atoms with Crippen LogP contribution >= 0.6 is 0 Å². The number of benzene rings is 2. The zero-order valence-electron chi connectivity index (χ0n) is 9.37. The maximum atomic E-state index is 10.9. The van der Waals surface area contributed by atoms with Gasteiger partial charge < -0.3 is 5.11 Å². The number of phenolic OH excluding ortho intramolecular Hbond substituents is 1. The molecule has 0 saturated heterocycles. The van der Waals surface area contributed by atoms with Gasteiger partial charge in [0.2, 0.25) is 0 Å². The fourth-order valence-corrected chi connectivity index (χ4v) is 1.55. The molecule has 2 aromatic rings. The smallest absolute Gasteiger partial charge is 0.117 e. The normalized spacial score (nSPS) is 9.94. The molecule has 0 aliphatic heterocycles. The van der Waals surface area contributed by atoms with Crippen LogP contribution in [0.25, 0.3) is 0 Å². The maximum absolute atomic E-state index is 10.9. The molecule has 0 fully saturated rings. The van der Waals surface area contributed by atoms with Gasteiger partial charge in [0.15, 0.2) is 0 Å².